The van der Waals surface area contributed by atoms with Crippen LogP contribution in [0.2, 0.25) is 0 Å². The van der Waals surface area contributed by atoms with Crippen molar-refractivity contribution >= 4 is 17.7 Å². The van der Waals surface area contributed by atoms with Gasteiger partial charge in [-0.2, -0.15) is 0 Å². The van der Waals surface area contributed by atoms with E-state index in [2.05, 4.69) is 4.99 Å². The quantitative estimate of drug-likeness (QED) is 0.418. The molecule has 0 spiro atoms. The maximum atomic E-state index is 12.0. The number of hydrogen-bond acceptors (Lipinski definition) is 6. The number of non-ortho nitro benzene ring substituents is 1. The van der Waals surface area contributed by atoms with E-state index in [0.29, 0.717) is 17.1 Å². The monoisotopic (exact) mass is 342 g/mol. The number of nitro benzene ring substituents is 1. The summed E-state index contributed by atoms with van der Waals surface area (Å²) in [6.07, 6.45) is 1.44. The summed E-state index contributed by atoms with van der Waals surface area (Å²) in [6, 6.07) is 11.6. The lowest BCUT2D eigenvalue weighted by Gasteiger charge is -2.06. The standard InChI is InChI=1S/C18H18N2O5/c1-24-17-6-4-3-5-13(17)9-16(21)12-19-11-14-7-8-15(20(22)23)10-18(14)25-2/h3-8,10,12H,9,11H2,1-2H3. The number of hydrogen-bond donors (Lipinski definition) is 0. The third-order valence-electron chi connectivity index (χ3n) is 3.54. The number of carbonyl (C=O) groups is 1. The normalized spacial score (nSPS) is 10.6. The van der Waals surface area contributed by atoms with Crippen LogP contribution in [0.15, 0.2) is 47.5 Å². The Morgan fingerprint density at radius 1 is 1.12 bits per heavy atom. The Morgan fingerprint density at radius 3 is 2.52 bits per heavy atom. The van der Waals surface area contributed by atoms with E-state index in [0.717, 1.165) is 5.56 Å². The molecule has 7 nitrogen and oxygen atoms in total. The van der Waals surface area contributed by atoms with E-state index >= 15 is 0 Å². The fraction of sp³-hybridized carbons (Fsp3) is 0.222. The van der Waals surface area contributed by atoms with Crippen molar-refractivity contribution in [1.82, 2.24) is 0 Å². The predicted molar refractivity (Wildman–Crippen MR) is 93.5 cm³/mol. The van der Waals surface area contributed by atoms with Gasteiger partial charge in [0.1, 0.15) is 11.5 Å². The molecule has 2 aromatic rings. The zero-order valence-corrected chi connectivity index (χ0v) is 14.0. The fourth-order valence-electron chi connectivity index (χ4n) is 2.31. The third kappa shape index (κ3) is 4.87. The van der Waals surface area contributed by atoms with Gasteiger partial charge in [-0.3, -0.25) is 19.9 Å². The van der Waals surface area contributed by atoms with E-state index in [9.17, 15) is 14.9 Å². The highest BCUT2D eigenvalue weighted by atomic mass is 16.6. The van der Waals surface area contributed by atoms with Crippen LogP contribution in [0.25, 0.3) is 0 Å². The molecule has 0 amide bonds. The molecule has 0 atom stereocenters. The van der Waals surface area contributed by atoms with E-state index in [1.54, 1.807) is 19.2 Å². The van der Waals surface area contributed by atoms with Gasteiger partial charge in [0, 0.05) is 23.6 Å². The Balaban J connectivity index is 2.03. The molecule has 25 heavy (non-hydrogen) atoms. The van der Waals surface area contributed by atoms with Crippen LogP contribution in [0.1, 0.15) is 11.1 Å². The highest BCUT2D eigenvalue weighted by Crippen LogP contribution is 2.25. The van der Waals surface area contributed by atoms with Crippen molar-refractivity contribution in [1.29, 1.82) is 0 Å². The molecule has 0 fully saturated rings. The van der Waals surface area contributed by atoms with E-state index in [1.807, 2.05) is 18.2 Å². The van der Waals surface area contributed by atoms with E-state index in [-0.39, 0.29) is 24.4 Å². The van der Waals surface area contributed by atoms with Crippen molar-refractivity contribution in [2.24, 2.45) is 4.99 Å². The van der Waals surface area contributed by atoms with E-state index < -0.39 is 4.92 Å². The smallest absolute Gasteiger partial charge is 0.273 e. The first kappa shape index (κ1) is 18.1. The Bertz CT molecular complexity index is 802. The maximum Gasteiger partial charge on any atom is 0.273 e. The maximum absolute atomic E-state index is 12.0. The van der Waals surface area contributed by atoms with Gasteiger partial charge in [-0.05, 0) is 12.1 Å². The van der Waals surface area contributed by atoms with Gasteiger partial charge in [-0.15, -0.1) is 0 Å². The van der Waals surface area contributed by atoms with Crippen molar-refractivity contribution in [2.45, 2.75) is 13.0 Å². The zero-order chi connectivity index (χ0) is 18.2. The number of ketones is 1. The molecule has 2 aromatic carbocycles. The zero-order valence-electron chi connectivity index (χ0n) is 14.0. The number of ether oxygens (including phenoxy) is 2. The summed E-state index contributed by atoms with van der Waals surface area (Å²) in [5, 5.41) is 10.8. The summed E-state index contributed by atoms with van der Waals surface area (Å²) in [6.45, 7) is 0.193. The van der Waals surface area contributed by atoms with Gasteiger partial charge in [-0.1, -0.05) is 18.2 Å². The molecule has 0 aliphatic rings. The lowest BCUT2D eigenvalue weighted by atomic mass is 10.1. The molecule has 0 heterocycles. The molecule has 130 valence electrons. The lowest BCUT2D eigenvalue weighted by Crippen LogP contribution is -2.05. The number of para-hydroxylation sites is 1. The van der Waals surface area contributed by atoms with Gasteiger partial charge >= 0.3 is 0 Å². The van der Waals surface area contributed by atoms with Crippen LogP contribution in [0.3, 0.4) is 0 Å². The number of nitrogens with zero attached hydrogens (tertiary/aromatic N) is 2. The highest BCUT2D eigenvalue weighted by molar-refractivity contribution is 6.28. The number of aliphatic imine (C=N–C) groups is 1. The summed E-state index contributed by atoms with van der Waals surface area (Å²) in [5.41, 5.74) is 1.39. The largest absolute Gasteiger partial charge is 0.496 e. The molecule has 0 radical (unpaired) electrons. The minimum Gasteiger partial charge on any atom is -0.496 e. The van der Waals surface area contributed by atoms with Gasteiger partial charge in [-0.25, -0.2) is 0 Å². The van der Waals surface area contributed by atoms with Gasteiger partial charge in [0.05, 0.1) is 38.0 Å². The van der Waals surface area contributed by atoms with Crippen LogP contribution >= 0.6 is 0 Å². The summed E-state index contributed by atoms with van der Waals surface area (Å²) in [5.74, 6) is 0.857. The van der Waals surface area contributed by atoms with Crippen LogP contribution in [-0.2, 0) is 17.8 Å². The Kier molecular flexibility index (Phi) is 6.22. The molecule has 0 unspecified atom stereocenters. The molecule has 0 aromatic heterocycles. The Morgan fingerprint density at radius 2 is 1.84 bits per heavy atom. The number of methoxy groups -OCH3 is 2. The highest BCUT2D eigenvalue weighted by Gasteiger charge is 2.11. The summed E-state index contributed by atoms with van der Waals surface area (Å²) in [7, 11) is 2.98. The van der Waals surface area contributed by atoms with Crippen LogP contribution in [0, 0.1) is 10.1 Å². The van der Waals surface area contributed by atoms with Crippen LogP contribution in [0.5, 0.6) is 11.5 Å². The lowest BCUT2D eigenvalue weighted by molar-refractivity contribution is -0.384. The van der Waals surface area contributed by atoms with Gasteiger partial charge in [0.25, 0.3) is 5.69 Å². The molecule has 0 saturated heterocycles. The van der Waals surface area contributed by atoms with Crippen LogP contribution in [-0.4, -0.2) is 31.1 Å². The minimum atomic E-state index is -0.494. The van der Waals surface area contributed by atoms with Crippen molar-refractivity contribution in [3.8, 4) is 11.5 Å². The van der Waals surface area contributed by atoms with Crippen molar-refractivity contribution in [2.75, 3.05) is 14.2 Å². The second-order valence-corrected chi connectivity index (χ2v) is 5.18. The number of benzene rings is 2. The molecule has 0 aliphatic carbocycles. The van der Waals surface area contributed by atoms with Crippen LogP contribution < -0.4 is 9.47 Å². The van der Waals surface area contributed by atoms with Crippen LogP contribution in [0.4, 0.5) is 5.69 Å². The van der Waals surface area contributed by atoms with Crippen molar-refractivity contribution in [3.63, 3.8) is 0 Å². The van der Waals surface area contributed by atoms with Gasteiger partial charge in [0.15, 0.2) is 5.78 Å². The molecule has 2 rings (SSSR count). The molecule has 0 aliphatic heterocycles. The average Bonchev–Trinajstić information content (AvgIpc) is 2.62. The number of nitro groups is 1. The first-order chi connectivity index (χ1) is 12.0. The van der Waals surface area contributed by atoms with E-state index in [1.165, 1.54) is 25.5 Å². The third-order valence-corrected chi connectivity index (χ3v) is 3.54. The van der Waals surface area contributed by atoms with Crippen molar-refractivity contribution in [3.05, 3.63) is 63.7 Å². The topological polar surface area (TPSA) is 91.0 Å². The Labute approximate surface area is 145 Å². The fourth-order valence-corrected chi connectivity index (χ4v) is 2.31. The first-order valence-corrected chi connectivity index (χ1v) is 7.51. The van der Waals surface area contributed by atoms with Gasteiger partial charge in [0.2, 0.25) is 0 Å². The summed E-state index contributed by atoms with van der Waals surface area (Å²) >= 11 is 0. The molecule has 0 N–H and O–H groups in total. The minimum absolute atomic E-state index is 0.0585. The number of Topliss-reactive ketones (excluding diaryl/α,β-unsaturated/α-hetero) is 1. The predicted octanol–water partition coefficient (Wildman–Crippen LogP) is 2.99. The van der Waals surface area contributed by atoms with Gasteiger partial charge < -0.3 is 9.47 Å². The molecular weight excluding hydrogens is 324 g/mol. The van der Waals surface area contributed by atoms with Crippen molar-refractivity contribution < 1.29 is 19.2 Å². The van der Waals surface area contributed by atoms with E-state index in [4.69, 9.17) is 9.47 Å². The summed E-state index contributed by atoms with van der Waals surface area (Å²) < 4.78 is 10.4. The SMILES string of the molecule is COc1cc([N+](=O)[O-])ccc1CN=CC(=O)Cc1ccccc1OC. The number of rotatable bonds is 8. The molecular formula is C18H18N2O5. The Hall–Kier alpha value is -3.22. The number of carbonyl (C=O) groups excluding carboxylic acids is 1. The second kappa shape index (κ2) is 8.58. The average molecular weight is 342 g/mol. The second-order valence-electron chi connectivity index (χ2n) is 5.18. The molecule has 0 saturated carbocycles. The summed E-state index contributed by atoms with van der Waals surface area (Å²) in [4.78, 5) is 26.4. The first-order valence-electron chi connectivity index (χ1n) is 7.51. The molecule has 0 bridgehead atoms. The molecule has 7 heteroatoms.